The van der Waals surface area contributed by atoms with Crippen molar-refractivity contribution in [1.82, 2.24) is 14.9 Å². The Labute approximate surface area is 113 Å². The summed E-state index contributed by atoms with van der Waals surface area (Å²) >= 11 is 0.977. The number of imide groups is 1. The van der Waals surface area contributed by atoms with Crippen LogP contribution in [0, 0.1) is 0 Å². The summed E-state index contributed by atoms with van der Waals surface area (Å²) in [6.45, 7) is 2.19. The lowest BCUT2D eigenvalue weighted by molar-refractivity contribution is -0.122. The number of carbonyl (C=O) groups is 2. The lowest BCUT2D eigenvalue weighted by Gasteiger charge is -2.06. The van der Waals surface area contributed by atoms with Crippen molar-refractivity contribution in [2.45, 2.75) is 6.92 Å². The summed E-state index contributed by atoms with van der Waals surface area (Å²) in [7, 11) is 0. The molecule has 3 heterocycles. The molecular formula is C13H11N3O2S. The minimum atomic E-state index is -0.226. The van der Waals surface area contributed by atoms with E-state index in [4.69, 9.17) is 0 Å². The lowest BCUT2D eigenvalue weighted by atomic mass is 10.2. The minimum absolute atomic E-state index is 0.211. The molecule has 0 aliphatic carbocycles. The molecule has 0 saturated carbocycles. The highest BCUT2D eigenvalue weighted by Gasteiger charge is 2.33. The molecule has 96 valence electrons. The van der Waals surface area contributed by atoms with Gasteiger partial charge < -0.3 is 4.98 Å². The molecular weight excluding hydrogens is 262 g/mol. The maximum Gasteiger partial charge on any atom is 0.293 e. The van der Waals surface area contributed by atoms with Gasteiger partial charge in [-0.3, -0.25) is 14.5 Å². The van der Waals surface area contributed by atoms with Crippen LogP contribution in [0.25, 0.3) is 17.1 Å². The molecule has 3 rings (SSSR count). The zero-order valence-corrected chi connectivity index (χ0v) is 11.0. The van der Waals surface area contributed by atoms with Crippen LogP contribution in [0.15, 0.2) is 29.4 Å². The van der Waals surface area contributed by atoms with Crippen molar-refractivity contribution in [2.75, 3.05) is 6.54 Å². The molecule has 1 fully saturated rings. The molecule has 0 bridgehead atoms. The first-order valence-corrected chi connectivity index (χ1v) is 6.70. The molecule has 5 nitrogen and oxygen atoms in total. The minimum Gasteiger partial charge on any atom is -0.346 e. The van der Waals surface area contributed by atoms with Gasteiger partial charge in [-0.1, -0.05) is 0 Å². The smallest absolute Gasteiger partial charge is 0.293 e. The van der Waals surface area contributed by atoms with E-state index in [-0.39, 0.29) is 11.1 Å². The van der Waals surface area contributed by atoms with Gasteiger partial charge in [0.05, 0.1) is 4.91 Å². The van der Waals surface area contributed by atoms with Crippen LogP contribution in [-0.2, 0) is 4.79 Å². The fourth-order valence-corrected chi connectivity index (χ4v) is 2.90. The monoisotopic (exact) mass is 273 g/mol. The van der Waals surface area contributed by atoms with E-state index in [1.54, 1.807) is 25.4 Å². The van der Waals surface area contributed by atoms with Crippen molar-refractivity contribution >= 4 is 40.0 Å². The number of carbonyl (C=O) groups excluding carboxylic acids is 2. The van der Waals surface area contributed by atoms with Gasteiger partial charge in [-0.25, -0.2) is 4.98 Å². The van der Waals surface area contributed by atoms with Crippen LogP contribution in [0.1, 0.15) is 12.5 Å². The highest BCUT2D eigenvalue weighted by molar-refractivity contribution is 8.18. The number of nitrogens with one attached hydrogen (secondary N) is 1. The summed E-state index contributed by atoms with van der Waals surface area (Å²) in [5.41, 5.74) is 1.63. The Hall–Kier alpha value is -2.08. The van der Waals surface area contributed by atoms with Gasteiger partial charge in [-0.15, -0.1) is 0 Å². The number of fused-ring (bicyclic) bond motifs is 1. The number of amides is 2. The standard InChI is InChI=1S/C13H11N3O2S/c1-2-16-12(17)10(19-13(16)18)6-8-7-15-11-9(8)4-3-5-14-11/h3-7H,2H2,1H3,(H,14,15)/b10-6-. The second kappa shape index (κ2) is 4.55. The summed E-state index contributed by atoms with van der Waals surface area (Å²) in [6.07, 6.45) is 5.23. The first-order chi connectivity index (χ1) is 9.20. The topological polar surface area (TPSA) is 66.1 Å². The first kappa shape index (κ1) is 12.0. The Morgan fingerprint density at radius 2 is 2.32 bits per heavy atom. The Morgan fingerprint density at radius 3 is 3.05 bits per heavy atom. The average molecular weight is 273 g/mol. The van der Waals surface area contributed by atoms with Crippen molar-refractivity contribution in [3.8, 4) is 0 Å². The number of likely N-dealkylation sites (N-methyl/N-ethyl adjacent to an activating group) is 1. The third-order valence-corrected chi connectivity index (χ3v) is 3.87. The van der Waals surface area contributed by atoms with E-state index >= 15 is 0 Å². The summed E-state index contributed by atoms with van der Waals surface area (Å²) in [5.74, 6) is -0.226. The molecule has 1 aliphatic heterocycles. The number of pyridine rings is 1. The van der Waals surface area contributed by atoms with E-state index in [1.807, 2.05) is 12.1 Å². The fraction of sp³-hybridized carbons (Fsp3) is 0.154. The number of aromatic amines is 1. The number of rotatable bonds is 2. The highest BCUT2D eigenvalue weighted by atomic mass is 32.2. The van der Waals surface area contributed by atoms with Gasteiger partial charge in [0.25, 0.3) is 11.1 Å². The predicted molar refractivity (Wildman–Crippen MR) is 74.4 cm³/mol. The lowest BCUT2D eigenvalue weighted by Crippen LogP contribution is -2.27. The molecule has 1 saturated heterocycles. The van der Waals surface area contributed by atoms with Crippen LogP contribution in [-0.4, -0.2) is 32.6 Å². The number of hydrogen-bond donors (Lipinski definition) is 1. The zero-order chi connectivity index (χ0) is 13.4. The van der Waals surface area contributed by atoms with Gasteiger partial charge in [0.2, 0.25) is 0 Å². The van der Waals surface area contributed by atoms with Crippen LogP contribution in [0.3, 0.4) is 0 Å². The molecule has 0 radical (unpaired) electrons. The van der Waals surface area contributed by atoms with Crippen molar-refractivity contribution in [1.29, 1.82) is 0 Å². The largest absolute Gasteiger partial charge is 0.346 e. The van der Waals surface area contributed by atoms with Crippen molar-refractivity contribution < 1.29 is 9.59 Å². The molecule has 1 aliphatic rings. The maximum absolute atomic E-state index is 12.0. The molecule has 19 heavy (non-hydrogen) atoms. The Kier molecular flexibility index (Phi) is 2.87. The second-order valence-electron chi connectivity index (χ2n) is 4.07. The Morgan fingerprint density at radius 1 is 1.47 bits per heavy atom. The van der Waals surface area contributed by atoms with E-state index in [1.165, 1.54) is 4.90 Å². The first-order valence-electron chi connectivity index (χ1n) is 5.88. The van der Waals surface area contributed by atoms with Gasteiger partial charge in [0.1, 0.15) is 5.65 Å². The molecule has 6 heteroatoms. The second-order valence-corrected chi connectivity index (χ2v) is 5.06. The number of H-pyrrole nitrogens is 1. The van der Waals surface area contributed by atoms with E-state index in [0.29, 0.717) is 11.4 Å². The molecule has 2 aromatic heterocycles. The third-order valence-electron chi connectivity index (χ3n) is 2.96. The Balaban J connectivity index is 2.03. The molecule has 2 aromatic rings. The summed E-state index contributed by atoms with van der Waals surface area (Å²) in [5, 5.41) is 0.725. The van der Waals surface area contributed by atoms with Gasteiger partial charge in [-0.2, -0.15) is 0 Å². The maximum atomic E-state index is 12.0. The molecule has 0 spiro atoms. The van der Waals surface area contributed by atoms with Crippen LogP contribution in [0.2, 0.25) is 0 Å². The normalized spacial score (nSPS) is 17.9. The summed E-state index contributed by atoms with van der Waals surface area (Å²) in [6, 6.07) is 3.76. The summed E-state index contributed by atoms with van der Waals surface area (Å²) in [4.78, 5) is 32.5. The van der Waals surface area contributed by atoms with Crippen molar-refractivity contribution in [2.24, 2.45) is 0 Å². The number of aromatic nitrogens is 2. The zero-order valence-electron chi connectivity index (χ0n) is 10.2. The van der Waals surface area contributed by atoms with Gasteiger partial charge in [0.15, 0.2) is 0 Å². The Bertz CT molecular complexity index is 705. The van der Waals surface area contributed by atoms with Gasteiger partial charge in [0, 0.05) is 29.9 Å². The number of nitrogens with zero attached hydrogens (tertiary/aromatic N) is 2. The average Bonchev–Trinajstić information content (AvgIpc) is 2.93. The summed E-state index contributed by atoms with van der Waals surface area (Å²) < 4.78 is 0. The van der Waals surface area contributed by atoms with Gasteiger partial charge >= 0.3 is 0 Å². The molecule has 0 atom stereocenters. The molecule has 1 N–H and O–H groups in total. The number of thioether (sulfide) groups is 1. The van der Waals surface area contributed by atoms with E-state index < -0.39 is 0 Å². The third kappa shape index (κ3) is 1.94. The molecule has 2 amide bonds. The number of hydrogen-bond acceptors (Lipinski definition) is 4. The van der Waals surface area contributed by atoms with Crippen molar-refractivity contribution in [3.63, 3.8) is 0 Å². The molecule has 0 unspecified atom stereocenters. The highest BCUT2D eigenvalue weighted by Crippen LogP contribution is 2.32. The van der Waals surface area contributed by atoms with Crippen molar-refractivity contribution in [3.05, 3.63) is 35.0 Å². The van der Waals surface area contributed by atoms with E-state index in [2.05, 4.69) is 9.97 Å². The van der Waals surface area contributed by atoms with Gasteiger partial charge in [-0.05, 0) is 36.9 Å². The fourth-order valence-electron chi connectivity index (χ4n) is 2.01. The quantitative estimate of drug-likeness (QED) is 0.854. The van der Waals surface area contributed by atoms with Crippen LogP contribution in [0.4, 0.5) is 4.79 Å². The van der Waals surface area contributed by atoms with E-state index in [9.17, 15) is 9.59 Å². The van der Waals surface area contributed by atoms with E-state index in [0.717, 1.165) is 28.4 Å². The van der Waals surface area contributed by atoms with Crippen LogP contribution >= 0.6 is 11.8 Å². The SMILES string of the molecule is CCN1C(=O)S/C(=C\c2c[nH]c3ncccc23)C1=O. The molecule has 0 aromatic carbocycles. The van der Waals surface area contributed by atoms with Crippen LogP contribution < -0.4 is 0 Å². The predicted octanol–water partition coefficient (Wildman–Crippen LogP) is 2.62. The van der Waals surface area contributed by atoms with Crippen LogP contribution in [0.5, 0.6) is 0 Å².